The summed E-state index contributed by atoms with van der Waals surface area (Å²) in [6.07, 6.45) is 0.320. The van der Waals surface area contributed by atoms with Crippen molar-refractivity contribution in [2.24, 2.45) is 0 Å². The summed E-state index contributed by atoms with van der Waals surface area (Å²) in [5.74, 6) is -0.231. The van der Waals surface area contributed by atoms with E-state index in [1.54, 1.807) is 42.5 Å². The Labute approximate surface area is 145 Å². The zero-order valence-electron chi connectivity index (χ0n) is 12.7. The lowest BCUT2D eigenvalue weighted by Gasteiger charge is -2.16. The standard InChI is InChI=1S/C18H17Cl2NO2/c1-12(15-8-7-14(19)11-16(15)20)21-18(23)10-9-17(22)13-5-3-2-4-6-13/h2-8,11-12H,9-10H2,1H3,(H,21,23). The van der Waals surface area contributed by atoms with Gasteiger partial charge < -0.3 is 5.32 Å². The van der Waals surface area contributed by atoms with Gasteiger partial charge >= 0.3 is 0 Å². The Morgan fingerprint density at radius 1 is 1.04 bits per heavy atom. The number of benzene rings is 2. The Morgan fingerprint density at radius 3 is 2.39 bits per heavy atom. The maximum absolute atomic E-state index is 12.0. The van der Waals surface area contributed by atoms with Crippen LogP contribution in [0.4, 0.5) is 0 Å². The largest absolute Gasteiger partial charge is 0.350 e. The Hall–Kier alpha value is -1.84. The van der Waals surface area contributed by atoms with Crippen LogP contribution < -0.4 is 5.32 Å². The summed E-state index contributed by atoms with van der Waals surface area (Å²) < 4.78 is 0. The molecule has 120 valence electrons. The van der Waals surface area contributed by atoms with E-state index in [4.69, 9.17) is 23.2 Å². The highest BCUT2D eigenvalue weighted by molar-refractivity contribution is 6.35. The maximum atomic E-state index is 12.0. The van der Waals surface area contributed by atoms with E-state index in [2.05, 4.69) is 5.32 Å². The predicted octanol–water partition coefficient (Wildman–Crippen LogP) is 4.83. The minimum atomic E-state index is -0.251. The summed E-state index contributed by atoms with van der Waals surface area (Å²) in [4.78, 5) is 24.0. The zero-order chi connectivity index (χ0) is 16.8. The van der Waals surface area contributed by atoms with E-state index in [1.807, 2.05) is 13.0 Å². The van der Waals surface area contributed by atoms with Gasteiger partial charge in [-0.15, -0.1) is 0 Å². The van der Waals surface area contributed by atoms with Gasteiger partial charge in [0.2, 0.25) is 5.91 Å². The molecule has 0 aliphatic carbocycles. The van der Waals surface area contributed by atoms with Gasteiger partial charge in [-0.05, 0) is 24.6 Å². The number of Topliss-reactive ketones (excluding diaryl/α,β-unsaturated/α-hetero) is 1. The molecule has 0 aliphatic heterocycles. The maximum Gasteiger partial charge on any atom is 0.220 e. The van der Waals surface area contributed by atoms with E-state index >= 15 is 0 Å². The van der Waals surface area contributed by atoms with Crippen LogP contribution in [0.2, 0.25) is 10.0 Å². The molecule has 0 aromatic heterocycles. The Kier molecular flexibility index (Phi) is 6.20. The van der Waals surface area contributed by atoms with Crippen LogP contribution in [0.3, 0.4) is 0 Å². The SMILES string of the molecule is CC(NC(=O)CCC(=O)c1ccccc1)c1ccc(Cl)cc1Cl. The first-order valence-corrected chi connectivity index (χ1v) is 8.05. The summed E-state index contributed by atoms with van der Waals surface area (Å²) in [5.41, 5.74) is 1.41. The van der Waals surface area contributed by atoms with E-state index in [9.17, 15) is 9.59 Å². The average Bonchev–Trinajstić information content (AvgIpc) is 2.53. The van der Waals surface area contributed by atoms with Crippen LogP contribution in [-0.2, 0) is 4.79 Å². The van der Waals surface area contributed by atoms with E-state index in [0.717, 1.165) is 5.56 Å². The molecule has 2 rings (SSSR count). The topological polar surface area (TPSA) is 46.2 Å². The van der Waals surface area contributed by atoms with Crippen LogP contribution in [0.1, 0.15) is 41.7 Å². The minimum absolute atomic E-state index is 0.0436. The second-order valence-corrected chi connectivity index (χ2v) is 6.09. The predicted molar refractivity (Wildman–Crippen MR) is 93.0 cm³/mol. The third-order valence-electron chi connectivity index (χ3n) is 3.48. The molecular formula is C18H17Cl2NO2. The third-order valence-corrected chi connectivity index (χ3v) is 4.04. The number of nitrogens with one attached hydrogen (secondary N) is 1. The lowest BCUT2D eigenvalue weighted by molar-refractivity contribution is -0.121. The second kappa shape index (κ2) is 8.14. The number of hydrogen-bond donors (Lipinski definition) is 1. The number of halogens is 2. The van der Waals surface area contributed by atoms with E-state index in [-0.39, 0.29) is 30.6 Å². The first-order chi connectivity index (χ1) is 11.0. The van der Waals surface area contributed by atoms with Crippen molar-refractivity contribution in [2.75, 3.05) is 0 Å². The Balaban J connectivity index is 1.88. The summed E-state index contributed by atoms with van der Waals surface area (Å²) >= 11 is 12.0. The molecule has 0 saturated carbocycles. The summed E-state index contributed by atoms with van der Waals surface area (Å²) in [6.45, 7) is 1.84. The zero-order valence-corrected chi connectivity index (χ0v) is 14.2. The van der Waals surface area contributed by atoms with Gasteiger partial charge in [0.05, 0.1) is 6.04 Å². The van der Waals surface area contributed by atoms with Crippen molar-refractivity contribution in [3.05, 3.63) is 69.7 Å². The molecule has 1 unspecified atom stereocenters. The molecule has 2 aromatic carbocycles. The van der Waals surface area contributed by atoms with Crippen molar-refractivity contribution in [2.45, 2.75) is 25.8 Å². The van der Waals surface area contributed by atoms with Crippen molar-refractivity contribution in [3.63, 3.8) is 0 Å². The fourth-order valence-electron chi connectivity index (χ4n) is 2.24. The van der Waals surface area contributed by atoms with E-state index < -0.39 is 0 Å². The number of carbonyl (C=O) groups excluding carboxylic acids is 2. The molecule has 0 spiro atoms. The number of carbonyl (C=O) groups is 2. The summed E-state index contributed by atoms with van der Waals surface area (Å²) in [7, 11) is 0. The van der Waals surface area contributed by atoms with Crippen LogP contribution in [-0.4, -0.2) is 11.7 Å². The minimum Gasteiger partial charge on any atom is -0.350 e. The van der Waals surface area contributed by atoms with Gasteiger partial charge in [-0.1, -0.05) is 59.6 Å². The van der Waals surface area contributed by atoms with Gasteiger partial charge in [0, 0.05) is 28.5 Å². The van der Waals surface area contributed by atoms with Gasteiger partial charge in [0.25, 0.3) is 0 Å². The first-order valence-electron chi connectivity index (χ1n) is 7.30. The van der Waals surface area contributed by atoms with Crippen molar-refractivity contribution in [1.82, 2.24) is 5.32 Å². The molecule has 5 heteroatoms. The Bertz CT molecular complexity index is 701. The number of amides is 1. The molecule has 3 nitrogen and oxygen atoms in total. The lowest BCUT2D eigenvalue weighted by Crippen LogP contribution is -2.27. The highest BCUT2D eigenvalue weighted by Crippen LogP contribution is 2.26. The van der Waals surface area contributed by atoms with Crippen molar-refractivity contribution in [1.29, 1.82) is 0 Å². The molecular weight excluding hydrogens is 333 g/mol. The summed E-state index contributed by atoms with van der Waals surface area (Å²) in [5, 5.41) is 3.90. The number of hydrogen-bond acceptors (Lipinski definition) is 2. The molecule has 0 radical (unpaired) electrons. The van der Waals surface area contributed by atoms with Crippen LogP contribution in [0.5, 0.6) is 0 Å². The molecule has 1 atom stereocenters. The highest BCUT2D eigenvalue weighted by Gasteiger charge is 2.14. The molecule has 0 aliphatic rings. The molecule has 1 N–H and O–H groups in total. The van der Waals surface area contributed by atoms with Gasteiger partial charge in [0.15, 0.2) is 5.78 Å². The molecule has 2 aromatic rings. The van der Waals surface area contributed by atoms with Crippen molar-refractivity contribution < 1.29 is 9.59 Å². The third kappa shape index (κ3) is 5.08. The lowest BCUT2D eigenvalue weighted by atomic mass is 10.1. The van der Waals surface area contributed by atoms with Gasteiger partial charge in [-0.3, -0.25) is 9.59 Å². The fourth-order valence-corrected chi connectivity index (χ4v) is 2.81. The highest BCUT2D eigenvalue weighted by atomic mass is 35.5. The molecule has 1 amide bonds. The van der Waals surface area contributed by atoms with Crippen molar-refractivity contribution >= 4 is 34.9 Å². The monoisotopic (exact) mass is 349 g/mol. The van der Waals surface area contributed by atoms with Crippen LogP contribution in [0.25, 0.3) is 0 Å². The average molecular weight is 350 g/mol. The fraction of sp³-hybridized carbons (Fsp3) is 0.222. The normalized spacial score (nSPS) is 11.8. The van der Waals surface area contributed by atoms with Gasteiger partial charge in [-0.2, -0.15) is 0 Å². The van der Waals surface area contributed by atoms with Gasteiger partial charge in [-0.25, -0.2) is 0 Å². The molecule has 0 heterocycles. The van der Waals surface area contributed by atoms with E-state index in [1.165, 1.54) is 0 Å². The van der Waals surface area contributed by atoms with Crippen LogP contribution in [0.15, 0.2) is 48.5 Å². The van der Waals surface area contributed by atoms with Crippen LogP contribution >= 0.6 is 23.2 Å². The van der Waals surface area contributed by atoms with Gasteiger partial charge in [0.1, 0.15) is 0 Å². The molecule has 0 fully saturated rings. The number of ketones is 1. The molecule has 0 bridgehead atoms. The second-order valence-electron chi connectivity index (χ2n) is 5.24. The molecule has 23 heavy (non-hydrogen) atoms. The Morgan fingerprint density at radius 2 is 1.74 bits per heavy atom. The number of rotatable bonds is 6. The summed E-state index contributed by atoms with van der Waals surface area (Å²) in [6, 6.07) is 13.8. The van der Waals surface area contributed by atoms with Crippen molar-refractivity contribution in [3.8, 4) is 0 Å². The van der Waals surface area contributed by atoms with Crippen LogP contribution in [0, 0.1) is 0 Å². The smallest absolute Gasteiger partial charge is 0.220 e. The molecule has 0 saturated heterocycles. The first kappa shape index (κ1) is 17.5. The van der Waals surface area contributed by atoms with E-state index in [0.29, 0.717) is 15.6 Å². The quantitative estimate of drug-likeness (QED) is 0.758.